The number of ether oxygens (including phenoxy) is 1. The Labute approximate surface area is 197 Å². The highest BCUT2D eigenvalue weighted by Gasteiger charge is 2.19. The van der Waals surface area contributed by atoms with E-state index in [2.05, 4.69) is 10.3 Å². The SMILES string of the molecule is CC[C@@H](C)Oc1ccc(Nc2nc(=O)n(C[C@H](C)C(=O)O)c(=O)n2Cc2ccc(C)cc2)cc1. The van der Waals surface area contributed by atoms with Crippen LogP contribution >= 0.6 is 0 Å². The van der Waals surface area contributed by atoms with Crippen molar-refractivity contribution in [2.24, 2.45) is 5.92 Å². The number of rotatable bonds is 10. The number of aliphatic carboxylic acids is 1. The number of benzene rings is 2. The molecule has 0 radical (unpaired) electrons. The minimum absolute atomic E-state index is 0.0744. The smallest absolute Gasteiger partial charge is 0.354 e. The normalized spacial score (nSPS) is 12.7. The van der Waals surface area contributed by atoms with Crippen molar-refractivity contribution in [2.75, 3.05) is 5.32 Å². The molecule has 34 heavy (non-hydrogen) atoms. The van der Waals surface area contributed by atoms with Gasteiger partial charge in [-0.3, -0.25) is 9.36 Å². The third-order valence-corrected chi connectivity index (χ3v) is 5.51. The van der Waals surface area contributed by atoms with Crippen LogP contribution in [-0.2, 0) is 17.9 Å². The van der Waals surface area contributed by atoms with E-state index < -0.39 is 23.3 Å². The van der Waals surface area contributed by atoms with E-state index in [-0.39, 0.29) is 25.1 Å². The molecule has 3 aromatic rings. The van der Waals surface area contributed by atoms with Gasteiger partial charge in [-0.05, 0) is 50.1 Å². The van der Waals surface area contributed by atoms with Gasteiger partial charge < -0.3 is 15.2 Å². The van der Waals surface area contributed by atoms with Crippen molar-refractivity contribution in [2.45, 2.75) is 53.3 Å². The van der Waals surface area contributed by atoms with Crippen molar-refractivity contribution in [1.29, 1.82) is 0 Å². The van der Waals surface area contributed by atoms with Gasteiger partial charge in [0.25, 0.3) is 0 Å². The lowest BCUT2D eigenvalue weighted by Gasteiger charge is -2.17. The van der Waals surface area contributed by atoms with E-state index in [0.717, 1.165) is 22.1 Å². The zero-order valence-electron chi connectivity index (χ0n) is 19.8. The minimum atomic E-state index is -1.10. The Balaban J connectivity index is 1.99. The molecule has 2 aromatic carbocycles. The van der Waals surface area contributed by atoms with Gasteiger partial charge in [-0.2, -0.15) is 4.98 Å². The first kappa shape index (κ1) is 24.8. The molecule has 0 saturated carbocycles. The average molecular weight is 467 g/mol. The summed E-state index contributed by atoms with van der Waals surface area (Å²) in [6, 6.07) is 14.8. The first-order chi connectivity index (χ1) is 16.2. The second kappa shape index (κ2) is 10.8. The topological polar surface area (TPSA) is 115 Å². The fourth-order valence-electron chi connectivity index (χ4n) is 3.21. The summed E-state index contributed by atoms with van der Waals surface area (Å²) in [6.45, 7) is 7.32. The number of nitrogens with one attached hydrogen (secondary N) is 1. The van der Waals surface area contributed by atoms with Gasteiger partial charge in [0.15, 0.2) is 0 Å². The van der Waals surface area contributed by atoms with Gasteiger partial charge in [0.1, 0.15) is 5.75 Å². The molecule has 9 nitrogen and oxygen atoms in total. The number of hydrogen-bond acceptors (Lipinski definition) is 6. The molecular weight excluding hydrogens is 436 g/mol. The maximum Gasteiger partial charge on any atom is 0.354 e. The van der Waals surface area contributed by atoms with E-state index in [9.17, 15) is 19.5 Å². The third kappa shape index (κ3) is 6.12. The minimum Gasteiger partial charge on any atom is -0.491 e. The molecule has 2 N–H and O–H groups in total. The molecule has 0 bridgehead atoms. The van der Waals surface area contributed by atoms with Crippen LogP contribution in [0.5, 0.6) is 5.75 Å². The lowest BCUT2D eigenvalue weighted by atomic mass is 10.1. The molecule has 0 amide bonds. The summed E-state index contributed by atoms with van der Waals surface area (Å²) in [5.41, 5.74) is 1.10. The van der Waals surface area contributed by atoms with Crippen molar-refractivity contribution in [1.82, 2.24) is 14.1 Å². The second-order valence-corrected chi connectivity index (χ2v) is 8.41. The molecule has 0 aliphatic heterocycles. The van der Waals surface area contributed by atoms with E-state index in [1.807, 2.05) is 45.0 Å². The molecule has 0 fully saturated rings. The number of anilines is 2. The Kier molecular flexibility index (Phi) is 7.88. The van der Waals surface area contributed by atoms with Crippen LogP contribution in [0.2, 0.25) is 0 Å². The molecule has 1 aromatic heterocycles. The van der Waals surface area contributed by atoms with E-state index in [0.29, 0.717) is 11.4 Å². The van der Waals surface area contributed by atoms with Crippen LogP contribution in [0, 0.1) is 12.8 Å². The molecule has 180 valence electrons. The maximum absolute atomic E-state index is 13.3. The Morgan fingerprint density at radius 1 is 1.06 bits per heavy atom. The Hall–Kier alpha value is -3.88. The van der Waals surface area contributed by atoms with E-state index in [4.69, 9.17) is 4.74 Å². The molecule has 0 aliphatic carbocycles. The van der Waals surface area contributed by atoms with Crippen LogP contribution < -0.4 is 21.4 Å². The average Bonchev–Trinajstić information content (AvgIpc) is 2.81. The van der Waals surface area contributed by atoms with Gasteiger partial charge in [0.2, 0.25) is 5.95 Å². The zero-order chi connectivity index (χ0) is 24.8. The highest BCUT2D eigenvalue weighted by molar-refractivity contribution is 5.69. The standard InChI is InChI=1S/C25H30N4O5/c1-5-18(4)34-21-12-10-20(11-13-21)26-23-27-24(32)29(14-17(3)22(30)31)25(33)28(23)15-19-8-6-16(2)7-9-19/h6-13,17-18H,5,14-15H2,1-4H3,(H,30,31)(H,26,27,32)/t17-,18+/m0/s1. The zero-order valence-corrected chi connectivity index (χ0v) is 19.8. The Bertz CT molecular complexity index is 1250. The van der Waals surface area contributed by atoms with Crippen molar-refractivity contribution in [3.8, 4) is 5.75 Å². The lowest BCUT2D eigenvalue weighted by molar-refractivity contribution is -0.141. The maximum atomic E-state index is 13.3. The van der Waals surface area contributed by atoms with Gasteiger partial charge in [0.05, 0.1) is 18.6 Å². The first-order valence-electron chi connectivity index (χ1n) is 11.2. The number of carbonyl (C=O) groups is 1. The molecule has 3 rings (SSSR count). The van der Waals surface area contributed by atoms with Crippen molar-refractivity contribution in [3.63, 3.8) is 0 Å². The third-order valence-electron chi connectivity index (χ3n) is 5.51. The number of aryl methyl sites for hydroxylation is 1. The summed E-state index contributed by atoms with van der Waals surface area (Å²) in [4.78, 5) is 41.3. The molecule has 0 unspecified atom stereocenters. The quantitative estimate of drug-likeness (QED) is 0.470. The van der Waals surface area contributed by atoms with Crippen LogP contribution in [0.3, 0.4) is 0 Å². The molecule has 1 heterocycles. The van der Waals surface area contributed by atoms with E-state index in [1.165, 1.54) is 11.5 Å². The number of aromatic nitrogens is 3. The fourth-order valence-corrected chi connectivity index (χ4v) is 3.21. The summed E-state index contributed by atoms with van der Waals surface area (Å²) in [6.07, 6.45) is 0.965. The van der Waals surface area contributed by atoms with Crippen LogP contribution in [0.1, 0.15) is 38.3 Å². The molecule has 0 saturated heterocycles. The summed E-state index contributed by atoms with van der Waals surface area (Å²) >= 11 is 0. The summed E-state index contributed by atoms with van der Waals surface area (Å²) in [7, 11) is 0. The van der Waals surface area contributed by atoms with Crippen LogP contribution in [0.4, 0.5) is 11.6 Å². The molecule has 9 heteroatoms. The van der Waals surface area contributed by atoms with Gasteiger partial charge in [-0.1, -0.05) is 43.7 Å². The Morgan fingerprint density at radius 3 is 2.29 bits per heavy atom. The van der Waals surface area contributed by atoms with Crippen LogP contribution in [0.25, 0.3) is 0 Å². The predicted octanol–water partition coefficient (Wildman–Crippen LogP) is 3.40. The molecular formula is C25H30N4O5. The summed E-state index contributed by atoms with van der Waals surface area (Å²) < 4.78 is 7.99. The van der Waals surface area contributed by atoms with Gasteiger partial charge in [0, 0.05) is 12.2 Å². The monoisotopic (exact) mass is 466 g/mol. The van der Waals surface area contributed by atoms with Crippen molar-refractivity contribution >= 4 is 17.6 Å². The van der Waals surface area contributed by atoms with Gasteiger partial charge >= 0.3 is 17.3 Å². The number of nitrogens with zero attached hydrogens (tertiary/aromatic N) is 3. The lowest BCUT2D eigenvalue weighted by Crippen LogP contribution is -2.44. The van der Waals surface area contributed by atoms with Crippen LogP contribution in [0.15, 0.2) is 58.1 Å². The number of hydrogen-bond donors (Lipinski definition) is 2. The van der Waals surface area contributed by atoms with Crippen molar-refractivity contribution in [3.05, 3.63) is 80.6 Å². The fraction of sp³-hybridized carbons (Fsp3) is 0.360. The second-order valence-electron chi connectivity index (χ2n) is 8.41. The Morgan fingerprint density at radius 2 is 1.71 bits per heavy atom. The van der Waals surface area contributed by atoms with Crippen molar-refractivity contribution < 1.29 is 14.6 Å². The molecule has 0 spiro atoms. The van der Waals surface area contributed by atoms with Gasteiger partial charge in [-0.15, -0.1) is 0 Å². The predicted molar refractivity (Wildman–Crippen MR) is 130 cm³/mol. The number of carboxylic acid groups (broad SMARTS) is 1. The summed E-state index contributed by atoms with van der Waals surface area (Å²) in [5.74, 6) is -1.23. The van der Waals surface area contributed by atoms with Crippen LogP contribution in [-0.4, -0.2) is 31.3 Å². The first-order valence-corrected chi connectivity index (χ1v) is 11.2. The highest BCUT2D eigenvalue weighted by Crippen LogP contribution is 2.20. The van der Waals surface area contributed by atoms with E-state index >= 15 is 0 Å². The van der Waals surface area contributed by atoms with Gasteiger partial charge in [-0.25, -0.2) is 14.2 Å². The summed E-state index contributed by atoms with van der Waals surface area (Å²) in [5, 5.41) is 12.3. The number of carboxylic acids is 1. The largest absolute Gasteiger partial charge is 0.491 e. The highest BCUT2D eigenvalue weighted by atomic mass is 16.5. The molecule has 0 aliphatic rings. The molecule has 2 atom stereocenters. The van der Waals surface area contributed by atoms with E-state index in [1.54, 1.807) is 24.3 Å².